The van der Waals surface area contributed by atoms with Gasteiger partial charge in [0.25, 0.3) is 0 Å². The lowest BCUT2D eigenvalue weighted by Gasteiger charge is -2.23. The Morgan fingerprint density at radius 2 is 1.55 bits per heavy atom. The van der Waals surface area contributed by atoms with Crippen molar-refractivity contribution in [2.75, 3.05) is 6.54 Å². The van der Waals surface area contributed by atoms with Gasteiger partial charge >= 0.3 is 0 Å². The molecule has 0 aliphatic carbocycles. The number of nitrogens with one attached hydrogen (secondary N) is 1. The largest absolute Gasteiger partial charge is 0.371 e. The average Bonchev–Trinajstić information content (AvgIpc) is 2.45. The molecular weight excluding hydrogens is 270 g/mol. The number of benzene rings is 1. The summed E-state index contributed by atoms with van der Waals surface area (Å²) in [7, 11) is 0. The van der Waals surface area contributed by atoms with Crippen LogP contribution in [0, 0.1) is 5.41 Å². The molecule has 0 saturated heterocycles. The second kappa shape index (κ2) is 8.69. The summed E-state index contributed by atoms with van der Waals surface area (Å²) in [6.07, 6.45) is 3.54. The fourth-order valence-corrected chi connectivity index (χ4v) is 2.11. The van der Waals surface area contributed by atoms with Crippen molar-refractivity contribution in [1.29, 1.82) is 0 Å². The van der Waals surface area contributed by atoms with Gasteiger partial charge < -0.3 is 10.1 Å². The molecule has 1 aromatic rings. The van der Waals surface area contributed by atoms with Gasteiger partial charge in [-0.2, -0.15) is 0 Å². The Kier molecular flexibility index (Phi) is 7.58. The summed E-state index contributed by atoms with van der Waals surface area (Å²) in [5.74, 6) is 0. The Morgan fingerprint density at radius 3 is 2.09 bits per heavy atom. The minimum atomic E-state index is -0.0344. The topological polar surface area (TPSA) is 21.3 Å². The molecule has 126 valence electrons. The van der Waals surface area contributed by atoms with Crippen molar-refractivity contribution in [1.82, 2.24) is 5.32 Å². The molecule has 0 aliphatic heterocycles. The van der Waals surface area contributed by atoms with Crippen LogP contribution < -0.4 is 5.32 Å². The van der Waals surface area contributed by atoms with E-state index < -0.39 is 0 Å². The molecule has 2 nitrogen and oxygen atoms in total. The molecule has 0 saturated carbocycles. The first-order chi connectivity index (χ1) is 10.2. The van der Waals surface area contributed by atoms with Crippen LogP contribution in [0.25, 0.3) is 0 Å². The third-order valence-electron chi connectivity index (χ3n) is 4.11. The summed E-state index contributed by atoms with van der Waals surface area (Å²) in [4.78, 5) is 0. The van der Waals surface area contributed by atoms with Gasteiger partial charge in [0.1, 0.15) is 0 Å². The van der Waals surface area contributed by atoms with Crippen molar-refractivity contribution < 1.29 is 4.74 Å². The first kappa shape index (κ1) is 19.2. The summed E-state index contributed by atoms with van der Waals surface area (Å²) in [6.45, 7) is 16.1. The van der Waals surface area contributed by atoms with Crippen LogP contribution in [0.5, 0.6) is 0 Å². The molecule has 0 heterocycles. The molecule has 0 fully saturated rings. The van der Waals surface area contributed by atoms with E-state index in [-0.39, 0.29) is 5.60 Å². The summed E-state index contributed by atoms with van der Waals surface area (Å²) < 4.78 is 5.93. The zero-order valence-corrected chi connectivity index (χ0v) is 15.5. The summed E-state index contributed by atoms with van der Waals surface area (Å²) in [5.41, 5.74) is 3.00. The van der Waals surface area contributed by atoms with Gasteiger partial charge in [-0.3, -0.25) is 0 Å². The van der Waals surface area contributed by atoms with Crippen molar-refractivity contribution >= 4 is 0 Å². The monoisotopic (exact) mass is 305 g/mol. The highest BCUT2D eigenvalue weighted by Gasteiger charge is 2.14. The molecule has 1 N–H and O–H groups in total. The Bertz CT molecular complexity index is 414. The van der Waals surface area contributed by atoms with Crippen LogP contribution in [-0.2, 0) is 17.9 Å². The molecule has 1 rings (SSSR count). The number of hydrogen-bond acceptors (Lipinski definition) is 2. The molecular formula is C20H35NO. The van der Waals surface area contributed by atoms with E-state index in [2.05, 4.69) is 71.1 Å². The predicted octanol–water partition coefficient (Wildman–Crippen LogP) is 5.31. The lowest BCUT2D eigenvalue weighted by Crippen LogP contribution is -2.22. The number of ether oxygens (including phenoxy) is 1. The van der Waals surface area contributed by atoms with Gasteiger partial charge in [-0.05, 0) is 56.2 Å². The summed E-state index contributed by atoms with van der Waals surface area (Å²) in [6, 6.07) is 8.76. The second-order valence-corrected chi connectivity index (χ2v) is 8.06. The van der Waals surface area contributed by atoms with Crippen LogP contribution in [-0.4, -0.2) is 12.1 Å². The quantitative estimate of drug-likeness (QED) is 0.624. The van der Waals surface area contributed by atoms with E-state index in [1.807, 2.05) is 0 Å². The highest BCUT2D eigenvalue weighted by molar-refractivity contribution is 5.22. The number of rotatable bonds is 9. The third-order valence-corrected chi connectivity index (χ3v) is 4.11. The van der Waals surface area contributed by atoms with E-state index in [9.17, 15) is 0 Å². The van der Waals surface area contributed by atoms with Gasteiger partial charge in [0.15, 0.2) is 0 Å². The minimum Gasteiger partial charge on any atom is -0.371 e. The van der Waals surface area contributed by atoms with Crippen LogP contribution in [0.1, 0.15) is 71.9 Å². The van der Waals surface area contributed by atoms with Gasteiger partial charge in [-0.15, -0.1) is 0 Å². The molecule has 0 unspecified atom stereocenters. The zero-order valence-electron chi connectivity index (χ0n) is 15.5. The molecule has 0 spiro atoms. The maximum absolute atomic E-state index is 5.93. The molecule has 0 amide bonds. The van der Waals surface area contributed by atoms with Crippen molar-refractivity contribution in [2.24, 2.45) is 5.41 Å². The standard InChI is InChI=1S/C20H35NO/c1-7-20(5,6)22-16-18-11-9-17(10-12-18)15-21-14-8-13-19(2,3)4/h9-12,21H,7-8,13-16H2,1-6H3. The van der Waals surface area contributed by atoms with Gasteiger partial charge in [-0.25, -0.2) is 0 Å². The Balaban J connectivity index is 2.27. The van der Waals surface area contributed by atoms with Crippen molar-refractivity contribution in [3.05, 3.63) is 35.4 Å². The Morgan fingerprint density at radius 1 is 0.955 bits per heavy atom. The summed E-state index contributed by atoms with van der Waals surface area (Å²) >= 11 is 0. The second-order valence-electron chi connectivity index (χ2n) is 8.06. The van der Waals surface area contributed by atoms with Crippen LogP contribution in [0.15, 0.2) is 24.3 Å². The first-order valence-electron chi connectivity index (χ1n) is 8.64. The molecule has 0 bridgehead atoms. The molecule has 0 atom stereocenters. The van der Waals surface area contributed by atoms with Crippen LogP contribution in [0.2, 0.25) is 0 Å². The van der Waals surface area contributed by atoms with E-state index in [0.717, 1.165) is 19.5 Å². The molecule has 0 aliphatic rings. The first-order valence-corrected chi connectivity index (χ1v) is 8.64. The fraction of sp³-hybridized carbons (Fsp3) is 0.700. The van der Waals surface area contributed by atoms with Crippen LogP contribution >= 0.6 is 0 Å². The van der Waals surface area contributed by atoms with Gasteiger partial charge in [-0.1, -0.05) is 52.0 Å². The van der Waals surface area contributed by atoms with E-state index in [1.165, 1.54) is 24.0 Å². The van der Waals surface area contributed by atoms with E-state index in [0.29, 0.717) is 12.0 Å². The smallest absolute Gasteiger partial charge is 0.0724 e. The summed E-state index contributed by atoms with van der Waals surface area (Å²) in [5, 5.41) is 3.53. The highest BCUT2D eigenvalue weighted by Crippen LogP contribution is 2.20. The third kappa shape index (κ3) is 8.55. The van der Waals surface area contributed by atoms with Gasteiger partial charge in [0, 0.05) is 6.54 Å². The van der Waals surface area contributed by atoms with E-state index in [4.69, 9.17) is 4.74 Å². The normalized spacial score (nSPS) is 12.6. The lowest BCUT2D eigenvalue weighted by atomic mass is 9.91. The molecule has 22 heavy (non-hydrogen) atoms. The lowest BCUT2D eigenvalue weighted by molar-refractivity contribution is -0.0316. The van der Waals surface area contributed by atoms with Crippen molar-refractivity contribution in [3.63, 3.8) is 0 Å². The van der Waals surface area contributed by atoms with Gasteiger partial charge in [0.05, 0.1) is 12.2 Å². The zero-order chi connectivity index (χ0) is 16.6. The molecule has 2 heteroatoms. The van der Waals surface area contributed by atoms with E-state index >= 15 is 0 Å². The van der Waals surface area contributed by atoms with Gasteiger partial charge in [0.2, 0.25) is 0 Å². The van der Waals surface area contributed by atoms with Crippen LogP contribution in [0.3, 0.4) is 0 Å². The number of hydrogen-bond donors (Lipinski definition) is 1. The molecule has 0 radical (unpaired) electrons. The SMILES string of the molecule is CCC(C)(C)OCc1ccc(CNCCCC(C)(C)C)cc1. The predicted molar refractivity (Wildman–Crippen MR) is 96.0 cm³/mol. The van der Waals surface area contributed by atoms with Crippen LogP contribution in [0.4, 0.5) is 0 Å². The maximum Gasteiger partial charge on any atom is 0.0724 e. The maximum atomic E-state index is 5.93. The fourth-order valence-electron chi connectivity index (χ4n) is 2.11. The minimum absolute atomic E-state index is 0.0344. The molecule has 1 aromatic carbocycles. The Labute approximate surface area is 137 Å². The van der Waals surface area contributed by atoms with Crippen molar-refractivity contribution in [2.45, 2.75) is 79.6 Å². The highest BCUT2D eigenvalue weighted by atomic mass is 16.5. The molecule has 0 aromatic heterocycles. The van der Waals surface area contributed by atoms with Crippen molar-refractivity contribution in [3.8, 4) is 0 Å². The average molecular weight is 306 g/mol. The Hall–Kier alpha value is -0.860. The van der Waals surface area contributed by atoms with E-state index in [1.54, 1.807) is 0 Å².